The van der Waals surface area contributed by atoms with Gasteiger partial charge in [-0.15, -0.1) is 0 Å². The lowest BCUT2D eigenvalue weighted by Gasteiger charge is -2.36. The number of nitrogens with zero attached hydrogens (tertiary/aromatic N) is 5. The zero-order valence-corrected chi connectivity index (χ0v) is 23.8. The predicted molar refractivity (Wildman–Crippen MR) is 149 cm³/mol. The number of hydrogen-bond donors (Lipinski definition) is 2. The lowest BCUT2D eigenvalue weighted by molar-refractivity contribution is -0.137. The molecule has 42 heavy (non-hydrogen) atoms. The molecule has 3 aromatic rings. The largest absolute Gasteiger partial charge is 0.417 e. The highest BCUT2D eigenvalue weighted by Gasteiger charge is 2.31. The summed E-state index contributed by atoms with van der Waals surface area (Å²) in [7, 11) is -3.67. The first-order valence-corrected chi connectivity index (χ1v) is 14.9. The van der Waals surface area contributed by atoms with Gasteiger partial charge in [0, 0.05) is 25.3 Å². The van der Waals surface area contributed by atoms with Crippen molar-refractivity contribution >= 4 is 27.3 Å². The molecule has 0 saturated carbocycles. The lowest BCUT2D eigenvalue weighted by Crippen LogP contribution is -2.43. The van der Waals surface area contributed by atoms with Gasteiger partial charge in [0.05, 0.1) is 60.1 Å². The number of morpholine rings is 1. The van der Waals surface area contributed by atoms with E-state index in [4.69, 9.17) is 9.29 Å². The zero-order valence-electron chi connectivity index (χ0n) is 23.0. The van der Waals surface area contributed by atoms with Crippen LogP contribution in [0.3, 0.4) is 0 Å². The zero-order chi connectivity index (χ0) is 30.5. The molecule has 1 aliphatic carbocycles. The Morgan fingerprint density at radius 3 is 2.36 bits per heavy atom. The molecule has 2 N–H and O–H groups in total. The summed E-state index contributed by atoms with van der Waals surface area (Å²) in [6, 6.07) is 6.41. The minimum atomic E-state index is -4.47. The molecule has 1 aliphatic heterocycles. The van der Waals surface area contributed by atoms with E-state index in [-0.39, 0.29) is 11.4 Å². The average Bonchev–Trinajstić information content (AvgIpc) is 3.34. The summed E-state index contributed by atoms with van der Waals surface area (Å²) in [5.74, 6) is -0.206. The molecule has 1 unspecified atom stereocenters. The molecule has 5 rings (SSSR count). The number of pyridine rings is 2. The molecule has 1 saturated heterocycles. The number of hydrogen-bond acceptors (Lipinski definition) is 8. The summed E-state index contributed by atoms with van der Waals surface area (Å²) in [4.78, 5) is 23.7. The van der Waals surface area contributed by atoms with E-state index < -0.39 is 27.8 Å². The summed E-state index contributed by atoms with van der Waals surface area (Å²) in [5.41, 5.74) is 2.54. The maximum Gasteiger partial charge on any atom is 0.417 e. The average molecular weight is 609 g/mol. The quantitative estimate of drug-likeness (QED) is 0.411. The van der Waals surface area contributed by atoms with Gasteiger partial charge in [-0.2, -0.15) is 26.7 Å². The standard InChI is InChI=1S/C26H27F3N6O2.CH4O3S/c1-17-22(16-32-35(17)24-9-4-19(14-31-24)26(27,28)29)25(36)33-20-5-8-23(30-15-20)18-2-6-21(7-3-18)34-10-12-37-13-11-34;1-5(2,3)4/h2,4-5,8-9,14-16,21H,3,6-7,10-13H2,1H3,(H,33,36);1H3,(H,2,3,4). The third-order valence-corrected chi connectivity index (χ3v) is 6.84. The van der Waals surface area contributed by atoms with Gasteiger partial charge >= 0.3 is 6.18 Å². The van der Waals surface area contributed by atoms with Crippen LogP contribution in [-0.4, -0.2) is 82.1 Å². The fraction of sp³-hybridized carbons (Fsp3) is 0.407. The van der Waals surface area contributed by atoms with Crippen LogP contribution in [0.5, 0.6) is 0 Å². The topological polar surface area (TPSA) is 140 Å². The number of rotatable bonds is 5. The van der Waals surface area contributed by atoms with Crippen LogP contribution in [-0.2, 0) is 21.0 Å². The fourth-order valence-electron chi connectivity index (χ4n) is 4.73. The van der Waals surface area contributed by atoms with Gasteiger partial charge < -0.3 is 10.1 Å². The maximum atomic E-state index is 12.9. The Bertz CT molecular complexity index is 1510. The maximum absolute atomic E-state index is 12.9. The molecular weight excluding hydrogens is 577 g/mol. The van der Waals surface area contributed by atoms with Crippen LogP contribution in [0, 0.1) is 6.92 Å². The van der Waals surface area contributed by atoms with E-state index in [0.29, 0.717) is 23.7 Å². The number of alkyl halides is 3. The second kappa shape index (κ2) is 13.1. The number of aromatic nitrogens is 4. The highest BCUT2D eigenvalue weighted by Crippen LogP contribution is 2.30. The number of ether oxygens (including phenoxy) is 1. The third kappa shape index (κ3) is 8.44. The molecule has 4 heterocycles. The molecule has 1 amide bonds. The number of nitrogens with one attached hydrogen (secondary N) is 1. The second-order valence-electron chi connectivity index (χ2n) is 9.88. The first kappa shape index (κ1) is 31.3. The Labute approximate surface area is 241 Å². The molecule has 0 spiro atoms. The van der Waals surface area contributed by atoms with Gasteiger partial charge in [0.2, 0.25) is 0 Å². The van der Waals surface area contributed by atoms with Crippen LogP contribution < -0.4 is 5.32 Å². The van der Waals surface area contributed by atoms with Gasteiger partial charge in [0.25, 0.3) is 16.0 Å². The predicted octanol–water partition coefficient (Wildman–Crippen LogP) is 4.01. The van der Waals surface area contributed by atoms with E-state index in [2.05, 4.69) is 31.4 Å². The molecule has 3 aromatic heterocycles. The van der Waals surface area contributed by atoms with Crippen LogP contribution in [0.25, 0.3) is 11.4 Å². The van der Waals surface area contributed by atoms with Crippen LogP contribution in [0.15, 0.2) is 48.9 Å². The van der Waals surface area contributed by atoms with Crippen molar-refractivity contribution < 1.29 is 35.7 Å². The molecule has 1 fully saturated rings. The number of carbonyl (C=O) groups is 1. The summed E-state index contributed by atoms with van der Waals surface area (Å²) >= 11 is 0. The van der Waals surface area contributed by atoms with Gasteiger partial charge in [-0.25, -0.2) is 9.67 Å². The molecule has 1 atom stereocenters. The van der Waals surface area contributed by atoms with E-state index >= 15 is 0 Å². The first-order chi connectivity index (χ1) is 19.8. The number of amides is 1. The minimum absolute atomic E-state index is 0.187. The van der Waals surface area contributed by atoms with Crippen molar-refractivity contribution in [3.8, 4) is 5.82 Å². The minimum Gasteiger partial charge on any atom is -0.379 e. The summed E-state index contributed by atoms with van der Waals surface area (Å²) in [6.07, 6.45) is 5.27. The van der Waals surface area contributed by atoms with Gasteiger partial charge in [-0.05, 0) is 56.0 Å². The van der Waals surface area contributed by atoms with E-state index in [0.717, 1.165) is 63.5 Å². The molecule has 0 bridgehead atoms. The molecule has 11 nitrogen and oxygen atoms in total. The van der Waals surface area contributed by atoms with Crippen LogP contribution >= 0.6 is 0 Å². The van der Waals surface area contributed by atoms with Crippen molar-refractivity contribution in [1.82, 2.24) is 24.6 Å². The monoisotopic (exact) mass is 608 g/mol. The molecule has 0 radical (unpaired) electrons. The summed E-state index contributed by atoms with van der Waals surface area (Å²) < 4.78 is 71.1. The van der Waals surface area contributed by atoms with Gasteiger partial charge in [0.15, 0.2) is 5.82 Å². The van der Waals surface area contributed by atoms with Gasteiger partial charge in [-0.1, -0.05) is 6.08 Å². The Hall–Kier alpha value is -3.66. The van der Waals surface area contributed by atoms with Crippen LogP contribution in [0.4, 0.5) is 18.9 Å². The first-order valence-electron chi connectivity index (χ1n) is 13.1. The van der Waals surface area contributed by atoms with Crippen molar-refractivity contribution in [2.75, 3.05) is 37.9 Å². The lowest BCUT2D eigenvalue weighted by atomic mass is 9.92. The van der Waals surface area contributed by atoms with E-state index in [1.807, 2.05) is 12.1 Å². The van der Waals surface area contributed by atoms with Crippen LogP contribution in [0.1, 0.15) is 46.6 Å². The Balaban J connectivity index is 0.000000748. The Kier molecular flexibility index (Phi) is 9.76. The van der Waals surface area contributed by atoms with Crippen LogP contribution in [0.2, 0.25) is 0 Å². The van der Waals surface area contributed by atoms with E-state index in [1.54, 1.807) is 13.1 Å². The van der Waals surface area contributed by atoms with E-state index in [9.17, 15) is 26.4 Å². The highest BCUT2D eigenvalue weighted by atomic mass is 32.2. The van der Waals surface area contributed by atoms with Gasteiger partial charge in [0.1, 0.15) is 0 Å². The third-order valence-electron chi connectivity index (χ3n) is 6.84. The van der Waals surface area contributed by atoms with E-state index in [1.165, 1.54) is 22.5 Å². The second-order valence-corrected chi connectivity index (χ2v) is 11.3. The van der Waals surface area contributed by atoms with Crippen molar-refractivity contribution in [1.29, 1.82) is 0 Å². The summed E-state index contributed by atoms with van der Waals surface area (Å²) in [6.45, 7) is 5.23. The molecule has 0 aromatic carbocycles. The molecule has 2 aliphatic rings. The Morgan fingerprint density at radius 1 is 1.10 bits per heavy atom. The Morgan fingerprint density at radius 2 is 1.81 bits per heavy atom. The highest BCUT2D eigenvalue weighted by molar-refractivity contribution is 7.85. The number of allylic oxidation sites excluding steroid dienone is 1. The molecule has 15 heteroatoms. The molecule has 226 valence electrons. The summed E-state index contributed by atoms with van der Waals surface area (Å²) in [5, 5.41) is 6.95. The fourth-order valence-corrected chi connectivity index (χ4v) is 4.73. The SMILES string of the molecule is CS(=O)(=O)O.Cc1c(C(=O)Nc2ccc(C3=CCC(N4CCOCC4)CC3)nc2)cnn1-c1ccc(C(F)(F)F)cn1. The van der Waals surface area contributed by atoms with Crippen molar-refractivity contribution in [2.24, 2.45) is 0 Å². The van der Waals surface area contributed by atoms with Gasteiger partial charge in [-0.3, -0.25) is 19.2 Å². The number of halogens is 3. The smallest absolute Gasteiger partial charge is 0.379 e. The number of anilines is 1. The normalized spacial score (nSPS) is 18.0. The molecular formula is C27H31F3N6O5S. The number of carbonyl (C=O) groups excluding carboxylic acids is 1. The van der Waals surface area contributed by atoms with Crippen molar-refractivity contribution in [2.45, 2.75) is 38.4 Å². The van der Waals surface area contributed by atoms with Crippen molar-refractivity contribution in [3.63, 3.8) is 0 Å². The van der Waals surface area contributed by atoms with Crippen molar-refractivity contribution in [3.05, 3.63) is 71.4 Å².